The summed E-state index contributed by atoms with van der Waals surface area (Å²) < 4.78 is 0. The molecular formula is C16H33N3O. The second-order valence-electron chi connectivity index (χ2n) is 7.56. The van der Waals surface area contributed by atoms with Crippen LogP contribution in [0.15, 0.2) is 0 Å². The fourth-order valence-electron chi connectivity index (χ4n) is 3.30. The number of nitrogens with zero attached hydrogens (tertiary/aromatic N) is 2. The van der Waals surface area contributed by atoms with Crippen molar-refractivity contribution in [2.24, 2.45) is 11.3 Å². The zero-order valence-corrected chi connectivity index (χ0v) is 14.4. The number of carbonyl (C=O) groups excluding carboxylic acids is 1. The van der Waals surface area contributed by atoms with Crippen molar-refractivity contribution in [3.63, 3.8) is 0 Å². The summed E-state index contributed by atoms with van der Waals surface area (Å²) in [4.78, 5) is 16.9. The zero-order chi connectivity index (χ0) is 15.5. The highest BCUT2D eigenvalue weighted by molar-refractivity contribution is 5.84. The van der Waals surface area contributed by atoms with E-state index in [9.17, 15) is 4.79 Å². The van der Waals surface area contributed by atoms with E-state index < -0.39 is 0 Å². The molecule has 4 nitrogen and oxygen atoms in total. The van der Waals surface area contributed by atoms with Crippen LogP contribution in [0.3, 0.4) is 0 Å². The van der Waals surface area contributed by atoms with Crippen LogP contribution in [0.2, 0.25) is 0 Å². The van der Waals surface area contributed by atoms with E-state index in [0.717, 1.165) is 25.9 Å². The number of rotatable bonds is 7. The SMILES string of the molecule is CCCC1NC(C(C)C)N(CC(C)(C)CN(C)C)C1=O. The van der Waals surface area contributed by atoms with Gasteiger partial charge in [-0.1, -0.05) is 41.0 Å². The molecule has 0 aromatic rings. The molecule has 118 valence electrons. The van der Waals surface area contributed by atoms with Gasteiger partial charge in [0.15, 0.2) is 0 Å². The van der Waals surface area contributed by atoms with Gasteiger partial charge in [0, 0.05) is 13.1 Å². The number of hydrogen-bond donors (Lipinski definition) is 1. The highest BCUT2D eigenvalue weighted by Gasteiger charge is 2.41. The standard InChI is InChI=1S/C16H33N3O/c1-8-9-13-15(20)19(14(17-13)12(2)3)11-16(4,5)10-18(6)7/h12-14,17H,8-11H2,1-7H3. The van der Waals surface area contributed by atoms with Gasteiger partial charge in [0.1, 0.15) is 0 Å². The molecule has 4 heteroatoms. The molecule has 1 saturated heterocycles. The van der Waals surface area contributed by atoms with Gasteiger partial charge in [-0.15, -0.1) is 0 Å². The van der Waals surface area contributed by atoms with Gasteiger partial charge >= 0.3 is 0 Å². The highest BCUT2D eigenvalue weighted by Crippen LogP contribution is 2.26. The maximum Gasteiger partial charge on any atom is 0.241 e. The van der Waals surface area contributed by atoms with Crippen LogP contribution in [0.5, 0.6) is 0 Å². The van der Waals surface area contributed by atoms with Gasteiger partial charge in [0.05, 0.1) is 12.2 Å². The van der Waals surface area contributed by atoms with Crippen molar-refractivity contribution < 1.29 is 4.79 Å². The molecule has 1 heterocycles. The number of nitrogens with one attached hydrogen (secondary N) is 1. The molecule has 1 amide bonds. The van der Waals surface area contributed by atoms with Crippen molar-refractivity contribution in [3.05, 3.63) is 0 Å². The third-order valence-corrected chi connectivity index (χ3v) is 3.84. The lowest BCUT2D eigenvalue weighted by molar-refractivity contribution is -0.132. The van der Waals surface area contributed by atoms with Crippen LogP contribution in [-0.2, 0) is 4.79 Å². The molecule has 1 rings (SSSR count). The van der Waals surface area contributed by atoms with Gasteiger partial charge in [-0.2, -0.15) is 0 Å². The van der Waals surface area contributed by atoms with E-state index in [2.05, 4.69) is 63.8 Å². The third-order valence-electron chi connectivity index (χ3n) is 3.84. The largest absolute Gasteiger partial charge is 0.325 e. The molecule has 0 spiro atoms. The molecule has 20 heavy (non-hydrogen) atoms. The Labute approximate surface area is 124 Å². The molecule has 0 aromatic heterocycles. The minimum Gasteiger partial charge on any atom is -0.325 e. The van der Waals surface area contributed by atoms with E-state index in [4.69, 9.17) is 0 Å². The van der Waals surface area contributed by atoms with Crippen molar-refractivity contribution >= 4 is 5.91 Å². The topological polar surface area (TPSA) is 35.6 Å². The lowest BCUT2D eigenvalue weighted by atomic mass is 9.91. The molecule has 2 atom stereocenters. The fourth-order valence-corrected chi connectivity index (χ4v) is 3.30. The maximum atomic E-state index is 12.6. The maximum absolute atomic E-state index is 12.6. The molecule has 1 aliphatic heterocycles. The Morgan fingerprint density at radius 3 is 2.40 bits per heavy atom. The van der Waals surface area contributed by atoms with Gasteiger partial charge in [-0.25, -0.2) is 0 Å². The van der Waals surface area contributed by atoms with Crippen LogP contribution in [0, 0.1) is 11.3 Å². The average molecular weight is 283 g/mol. The smallest absolute Gasteiger partial charge is 0.241 e. The molecule has 1 aliphatic rings. The average Bonchev–Trinajstić information content (AvgIpc) is 2.56. The van der Waals surface area contributed by atoms with Crippen molar-refractivity contribution in [3.8, 4) is 0 Å². The summed E-state index contributed by atoms with van der Waals surface area (Å²) in [5.74, 6) is 0.730. The molecule has 0 saturated carbocycles. The predicted molar refractivity (Wildman–Crippen MR) is 84.5 cm³/mol. The Morgan fingerprint density at radius 1 is 1.35 bits per heavy atom. The van der Waals surface area contributed by atoms with Crippen LogP contribution in [0.25, 0.3) is 0 Å². The summed E-state index contributed by atoms with van der Waals surface area (Å²) in [5, 5.41) is 3.53. The molecule has 0 aromatic carbocycles. The summed E-state index contributed by atoms with van der Waals surface area (Å²) >= 11 is 0. The van der Waals surface area contributed by atoms with E-state index in [1.54, 1.807) is 0 Å². The molecule has 2 unspecified atom stereocenters. The summed E-state index contributed by atoms with van der Waals surface area (Å²) in [6.07, 6.45) is 2.16. The van der Waals surface area contributed by atoms with E-state index in [1.165, 1.54) is 0 Å². The monoisotopic (exact) mass is 283 g/mol. The van der Waals surface area contributed by atoms with Crippen LogP contribution in [-0.4, -0.2) is 55.1 Å². The second-order valence-corrected chi connectivity index (χ2v) is 7.56. The van der Waals surface area contributed by atoms with Crippen LogP contribution in [0.1, 0.15) is 47.5 Å². The first-order chi connectivity index (χ1) is 9.18. The zero-order valence-electron chi connectivity index (χ0n) is 14.4. The van der Waals surface area contributed by atoms with Gasteiger partial charge in [0.25, 0.3) is 0 Å². The van der Waals surface area contributed by atoms with E-state index >= 15 is 0 Å². The Bertz CT molecular complexity index is 326. The van der Waals surface area contributed by atoms with Crippen molar-refractivity contribution in [2.75, 3.05) is 27.2 Å². The van der Waals surface area contributed by atoms with Crippen LogP contribution < -0.4 is 5.32 Å². The first-order valence-corrected chi connectivity index (χ1v) is 7.89. The fraction of sp³-hybridized carbons (Fsp3) is 0.938. The molecule has 0 radical (unpaired) electrons. The molecule has 0 bridgehead atoms. The number of hydrogen-bond acceptors (Lipinski definition) is 3. The normalized spacial score (nSPS) is 24.2. The minimum absolute atomic E-state index is 0.0163. The Morgan fingerprint density at radius 2 is 1.95 bits per heavy atom. The van der Waals surface area contributed by atoms with Gasteiger partial charge in [0.2, 0.25) is 5.91 Å². The summed E-state index contributed by atoms with van der Waals surface area (Å²) in [5.41, 5.74) is 0.106. The van der Waals surface area contributed by atoms with Gasteiger partial charge < -0.3 is 9.80 Å². The van der Waals surface area contributed by atoms with Gasteiger partial charge in [-0.3, -0.25) is 10.1 Å². The van der Waals surface area contributed by atoms with E-state index in [0.29, 0.717) is 5.92 Å². The quantitative estimate of drug-likeness (QED) is 0.778. The predicted octanol–water partition coefficient (Wildman–Crippen LogP) is 2.16. The van der Waals surface area contributed by atoms with E-state index in [-0.39, 0.29) is 23.5 Å². The second kappa shape index (κ2) is 6.90. The lowest BCUT2D eigenvalue weighted by Crippen LogP contribution is -2.47. The Balaban J connectivity index is 2.81. The minimum atomic E-state index is 0.0163. The number of carbonyl (C=O) groups is 1. The van der Waals surface area contributed by atoms with E-state index in [1.807, 2.05) is 0 Å². The Hall–Kier alpha value is -0.610. The van der Waals surface area contributed by atoms with Crippen LogP contribution >= 0.6 is 0 Å². The van der Waals surface area contributed by atoms with Gasteiger partial charge in [-0.05, 0) is 31.8 Å². The summed E-state index contributed by atoms with van der Waals surface area (Å²) in [7, 11) is 4.18. The van der Waals surface area contributed by atoms with Crippen LogP contribution in [0.4, 0.5) is 0 Å². The highest BCUT2D eigenvalue weighted by atomic mass is 16.2. The lowest BCUT2D eigenvalue weighted by Gasteiger charge is -2.36. The molecular weight excluding hydrogens is 250 g/mol. The van der Waals surface area contributed by atoms with Crippen molar-refractivity contribution in [1.29, 1.82) is 0 Å². The first kappa shape index (κ1) is 17.4. The molecule has 1 N–H and O–H groups in total. The van der Waals surface area contributed by atoms with Crippen molar-refractivity contribution in [2.45, 2.75) is 59.7 Å². The molecule has 0 aliphatic carbocycles. The third kappa shape index (κ3) is 4.45. The first-order valence-electron chi connectivity index (χ1n) is 7.89. The summed E-state index contributed by atoms with van der Waals surface area (Å²) in [6.45, 7) is 12.8. The number of amides is 1. The summed E-state index contributed by atoms with van der Waals surface area (Å²) in [6, 6.07) is 0.0163. The molecule has 1 fully saturated rings. The van der Waals surface area contributed by atoms with Crippen molar-refractivity contribution in [1.82, 2.24) is 15.1 Å². The Kier molecular flexibility index (Phi) is 6.02.